The monoisotopic (exact) mass is 718 g/mol. The quantitative estimate of drug-likeness (QED) is 0.0693. The van der Waals surface area contributed by atoms with Gasteiger partial charge in [-0.25, -0.2) is 0 Å². The first-order chi connectivity index (χ1) is 21.8. The third-order valence-electron chi connectivity index (χ3n) is 6.18. The number of halogens is 9. The predicted octanol–water partition coefficient (Wildman–Crippen LogP) is 13.0. The molecule has 0 amide bonds. The van der Waals surface area contributed by atoms with Crippen molar-refractivity contribution in [3.8, 4) is 16.9 Å². The van der Waals surface area contributed by atoms with Crippen molar-refractivity contribution >= 4 is 37.1 Å². The molecular weight excluding hydrogens is 694 g/mol. The van der Waals surface area contributed by atoms with Crippen LogP contribution in [0.25, 0.3) is 11.1 Å². The zero-order valence-electron chi connectivity index (χ0n) is 24.1. The van der Waals surface area contributed by atoms with Gasteiger partial charge < -0.3 is 4.74 Å². The third-order valence-corrected chi connectivity index (χ3v) is 8.35. The van der Waals surface area contributed by atoms with Gasteiger partial charge in [-0.2, -0.15) is 13.2 Å². The Labute approximate surface area is 272 Å². The molecule has 5 aromatic rings. The van der Waals surface area contributed by atoms with Crippen LogP contribution in [-0.4, -0.2) is 17.7 Å². The molecule has 5 aromatic carbocycles. The van der Waals surface area contributed by atoms with E-state index >= 15 is 0 Å². The second-order valence-electron chi connectivity index (χ2n) is 9.78. The summed E-state index contributed by atoms with van der Waals surface area (Å²) >= 11 is 2.96. The Balaban J connectivity index is 0.000000644. The maximum absolute atomic E-state index is 13.0. The standard InChI is InChI=1S/C33H23F3O2S2.F6P/c1-38-25-15-20-31(40-27-18-13-24(14-19-27)33(34,35)36)29(21-25)22-11-16-26(17-12-22)39-30-10-6-5-9-28(30)32(37)23-7-3-2-4-8-23;1-7(2,3,4,5)6/h2-21H,1H3;/q;-1/p+1. The van der Waals surface area contributed by atoms with E-state index in [1.165, 1.54) is 23.9 Å². The van der Waals surface area contributed by atoms with Crippen molar-refractivity contribution in [1.82, 2.24) is 0 Å². The molecule has 2 nitrogen and oxygen atoms in total. The van der Waals surface area contributed by atoms with Gasteiger partial charge in [0.2, 0.25) is 0 Å². The summed E-state index contributed by atoms with van der Waals surface area (Å²) in [6.07, 6.45) is -4.37. The van der Waals surface area contributed by atoms with E-state index in [0.717, 1.165) is 49.1 Å². The number of hydrogen-bond acceptors (Lipinski definition) is 3. The van der Waals surface area contributed by atoms with Gasteiger partial charge in [0.05, 0.1) is 23.8 Å². The Bertz CT molecular complexity index is 1840. The third kappa shape index (κ3) is 11.7. The van der Waals surface area contributed by atoms with Crippen molar-refractivity contribution in [2.24, 2.45) is 0 Å². The van der Waals surface area contributed by atoms with Crippen LogP contribution >= 0.6 is 31.3 Å². The first kappa shape index (κ1) is 35.9. The zero-order valence-corrected chi connectivity index (χ0v) is 26.6. The van der Waals surface area contributed by atoms with Crippen LogP contribution in [0.2, 0.25) is 0 Å². The molecule has 0 aliphatic carbocycles. The summed E-state index contributed by atoms with van der Waals surface area (Å²) in [5.41, 5.74) is 2.70. The molecule has 0 atom stereocenters. The molecule has 0 aliphatic rings. The van der Waals surface area contributed by atoms with E-state index in [1.54, 1.807) is 18.9 Å². The van der Waals surface area contributed by atoms with Gasteiger partial charge in [-0.1, -0.05) is 66.0 Å². The summed E-state index contributed by atoms with van der Waals surface area (Å²) in [5.74, 6) is 0.910. The molecule has 248 valence electrons. The molecule has 0 unspecified atom stereocenters. The normalized spacial score (nSPS) is 13.1. The predicted molar refractivity (Wildman–Crippen MR) is 170 cm³/mol. The van der Waals surface area contributed by atoms with Crippen LogP contribution < -0.4 is 4.74 Å². The minimum absolute atomic E-state index is 0.224. The molecule has 0 bridgehead atoms. The average Bonchev–Trinajstić information content (AvgIpc) is 3.00. The molecule has 0 radical (unpaired) electrons. The van der Waals surface area contributed by atoms with E-state index in [0.29, 0.717) is 10.6 Å². The Morgan fingerprint density at radius 3 is 1.70 bits per heavy atom. The van der Waals surface area contributed by atoms with Gasteiger partial charge in [0.1, 0.15) is 5.75 Å². The summed E-state index contributed by atoms with van der Waals surface area (Å²) in [4.78, 5) is 14.5. The molecule has 5 rings (SSSR count). The maximum atomic E-state index is 13.0. The van der Waals surface area contributed by atoms with E-state index < -0.39 is 19.5 Å². The molecule has 0 spiro atoms. The number of ether oxygens (including phenoxy) is 1. The Kier molecular flexibility index (Phi) is 10.2. The average molecular weight is 719 g/mol. The SMILES string of the molecule is COc1ccc(Sc2ccc(C(F)(F)F)cc2)c(-c2ccc(Sc3ccccc3C(=[OH+])c3ccccc3)cc2)c1.F[P-](F)(F)(F)(F)F. The first-order valence-corrected chi connectivity index (χ1v) is 17.0. The van der Waals surface area contributed by atoms with Gasteiger partial charge in [0, 0.05) is 19.6 Å². The molecule has 0 aromatic heterocycles. The first-order valence-electron chi connectivity index (χ1n) is 13.4. The number of carbonyl (C=O) groups excluding carboxylic acids is 1. The number of benzene rings is 5. The van der Waals surface area contributed by atoms with Crippen LogP contribution in [0.3, 0.4) is 0 Å². The number of ketones is 1. The Hall–Kier alpha value is -3.93. The molecule has 0 heterocycles. The van der Waals surface area contributed by atoms with Gasteiger partial charge in [-0.05, 0) is 90.0 Å². The van der Waals surface area contributed by atoms with E-state index in [-0.39, 0.29) is 5.78 Å². The summed E-state index contributed by atoms with van der Waals surface area (Å²) in [7, 11) is -9.06. The number of alkyl halides is 3. The van der Waals surface area contributed by atoms with E-state index in [1.807, 2.05) is 97.1 Å². The minimum atomic E-state index is -10.7. The Morgan fingerprint density at radius 2 is 1.15 bits per heavy atom. The van der Waals surface area contributed by atoms with E-state index in [2.05, 4.69) is 0 Å². The van der Waals surface area contributed by atoms with Gasteiger partial charge in [0.15, 0.2) is 0 Å². The molecule has 0 saturated heterocycles. The fraction of sp³-hybridized carbons (Fsp3) is 0.0606. The number of hydrogen-bond donors (Lipinski definition) is 0. The van der Waals surface area contributed by atoms with Crippen molar-refractivity contribution in [2.75, 3.05) is 7.11 Å². The van der Waals surface area contributed by atoms with Crippen molar-refractivity contribution in [3.63, 3.8) is 0 Å². The molecule has 47 heavy (non-hydrogen) atoms. The fourth-order valence-corrected chi connectivity index (χ4v) is 6.02. The topological polar surface area (TPSA) is 30.6 Å². The summed E-state index contributed by atoms with van der Waals surface area (Å²) in [6, 6.07) is 36.1. The van der Waals surface area contributed by atoms with E-state index in [4.69, 9.17) is 4.74 Å². The van der Waals surface area contributed by atoms with Crippen molar-refractivity contribution < 1.29 is 47.9 Å². The molecule has 1 N–H and O–H groups in total. The van der Waals surface area contributed by atoms with Gasteiger partial charge in [-0.3, -0.25) is 4.79 Å². The molecule has 0 aliphatic heterocycles. The number of methoxy groups -OCH3 is 1. The molecule has 0 saturated carbocycles. The zero-order chi connectivity index (χ0) is 34.5. The second-order valence-corrected chi connectivity index (χ2v) is 13.9. The molecule has 14 heteroatoms. The van der Waals surface area contributed by atoms with Crippen LogP contribution in [0.5, 0.6) is 5.75 Å². The van der Waals surface area contributed by atoms with Gasteiger partial charge in [0.25, 0.3) is 0 Å². The summed E-state index contributed by atoms with van der Waals surface area (Å²) < 4.78 is 104. The molecule has 0 fully saturated rings. The van der Waals surface area contributed by atoms with Crippen molar-refractivity contribution in [2.45, 2.75) is 25.8 Å². The van der Waals surface area contributed by atoms with Gasteiger partial charge in [-0.15, -0.1) is 0 Å². The van der Waals surface area contributed by atoms with Crippen LogP contribution in [0, 0.1) is 0 Å². The molecular formula is C33H24F9O2PS2. The van der Waals surface area contributed by atoms with Gasteiger partial charge >= 0.3 is 44.9 Å². The fourth-order valence-electron chi connectivity index (χ4n) is 4.12. The van der Waals surface area contributed by atoms with E-state index in [9.17, 15) is 43.1 Å². The van der Waals surface area contributed by atoms with Crippen molar-refractivity contribution in [1.29, 1.82) is 0 Å². The number of rotatable bonds is 8. The second kappa shape index (κ2) is 13.3. The summed E-state index contributed by atoms with van der Waals surface area (Å²) in [5, 5.41) is 0. The van der Waals surface area contributed by atoms with Crippen LogP contribution in [-0.2, 0) is 6.18 Å². The van der Waals surface area contributed by atoms with Crippen LogP contribution in [0.1, 0.15) is 16.7 Å². The van der Waals surface area contributed by atoms with Crippen molar-refractivity contribution in [3.05, 3.63) is 138 Å². The van der Waals surface area contributed by atoms with Crippen LogP contribution in [0.15, 0.2) is 141 Å². The van der Waals surface area contributed by atoms with Crippen LogP contribution in [0.4, 0.5) is 38.4 Å². The summed E-state index contributed by atoms with van der Waals surface area (Å²) in [6.45, 7) is 0. The Morgan fingerprint density at radius 1 is 0.638 bits per heavy atom.